The van der Waals surface area contributed by atoms with Crippen LogP contribution in [0.5, 0.6) is 0 Å². The highest BCUT2D eigenvalue weighted by atomic mass is 35.5. The summed E-state index contributed by atoms with van der Waals surface area (Å²) in [5.74, 6) is -2.11. The Kier molecular flexibility index (Phi) is 10.3. The summed E-state index contributed by atoms with van der Waals surface area (Å²) in [7, 11) is 0. The highest BCUT2D eigenvalue weighted by Gasteiger charge is 2.12. The van der Waals surface area contributed by atoms with Gasteiger partial charge in [-0.3, -0.25) is 9.69 Å². The molecule has 0 radical (unpaired) electrons. The number of anilines is 2. The van der Waals surface area contributed by atoms with Gasteiger partial charge in [-0.1, -0.05) is 12.1 Å². The van der Waals surface area contributed by atoms with Crippen molar-refractivity contribution in [2.45, 2.75) is 13.5 Å². The van der Waals surface area contributed by atoms with E-state index in [-0.39, 0.29) is 37.3 Å². The molecule has 0 bridgehead atoms. The van der Waals surface area contributed by atoms with Crippen LogP contribution in [0.4, 0.5) is 20.2 Å². The number of aryl methyl sites for hydroxylation is 1. The maximum Gasteiger partial charge on any atom is 0.243 e. The highest BCUT2D eigenvalue weighted by Crippen LogP contribution is 2.19. The molecule has 0 spiro atoms. The van der Waals surface area contributed by atoms with Crippen LogP contribution in [0, 0.1) is 18.6 Å². The molecule has 3 rings (SSSR count). The number of nitrogens with zero attached hydrogens (tertiary/aromatic N) is 1. The van der Waals surface area contributed by atoms with E-state index in [2.05, 4.69) is 26.9 Å². The zero-order chi connectivity index (χ0) is 19.2. The van der Waals surface area contributed by atoms with E-state index >= 15 is 0 Å². The number of hydrogen-bond donors (Lipinski definition) is 3. The Balaban J connectivity index is 0.00000210. The molecule has 3 N–H and O–H groups in total. The smallest absolute Gasteiger partial charge is 0.243 e. The van der Waals surface area contributed by atoms with E-state index in [4.69, 9.17) is 0 Å². The molecule has 9 heteroatoms. The Labute approximate surface area is 182 Å². The Morgan fingerprint density at radius 1 is 1.07 bits per heavy atom. The molecule has 1 aliphatic heterocycles. The number of nitrogens with one attached hydrogen (secondary N) is 3. The molecule has 29 heavy (non-hydrogen) atoms. The van der Waals surface area contributed by atoms with Crippen molar-refractivity contribution in [2.24, 2.45) is 0 Å². The van der Waals surface area contributed by atoms with Gasteiger partial charge in [0, 0.05) is 50.2 Å². The van der Waals surface area contributed by atoms with Gasteiger partial charge in [-0.05, 0) is 36.2 Å². The highest BCUT2D eigenvalue weighted by molar-refractivity contribution is 5.94. The summed E-state index contributed by atoms with van der Waals surface area (Å²) in [4.78, 5) is 14.6. The fraction of sp³-hybridized carbons (Fsp3) is 0.350. The standard InChI is InChI=1S/C20H24F2N4O.2ClH/c1-14-2-3-15(13-26-8-6-23-7-9-26)10-19(14)25-20(27)12-24-16-4-5-17(21)18(22)11-16;;/h2-5,10-11,23-24H,6-9,12-13H2,1H3,(H,25,27);2*1H. The summed E-state index contributed by atoms with van der Waals surface area (Å²) in [6.07, 6.45) is 0. The first-order chi connectivity index (χ1) is 13.0. The van der Waals surface area contributed by atoms with E-state index in [9.17, 15) is 13.6 Å². The summed E-state index contributed by atoms with van der Waals surface area (Å²) >= 11 is 0. The molecule has 0 aromatic heterocycles. The molecule has 1 fully saturated rings. The van der Waals surface area contributed by atoms with Crippen LogP contribution in [0.2, 0.25) is 0 Å². The van der Waals surface area contributed by atoms with Crippen molar-refractivity contribution >= 4 is 42.1 Å². The molecule has 1 amide bonds. The van der Waals surface area contributed by atoms with Crippen molar-refractivity contribution in [1.82, 2.24) is 10.2 Å². The fourth-order valence-electron chi connectivity index (χ4n) is 3.01. The van der Waals surface area contributed by atoms with Crippen LogP contribution in [0.3, 0.4) is 0 Å². The van der Waals surface area contributed by atoms with Gasteiger partial charge in [0.2, 0.25) is 5.91 Å². The average molecular weight is 447 g/mol. The van der Waals surface area contributed by atoms with E-state index in [1.54, 1.807) is 0 Å². The van der Waals surface area contributed by atoms with Crippen molar-refractivity contribution in [2.75, 3.05) is 43.4 Å². The number of amides is 1. The zero-order valence-electron chi connectivity index (χ0n) is 16.1. The lowest BCUT2D eigenvalue weighted by Crippen LogP contribution is -2.42. The quantitative estimate of drug-likeness (QED) is 0.634. The fourth-order valence-corrected chi connectivity index (χ4v) is 3.01. The first kappa shape index (κ1) is 25.1. The van der Waals surface area contributed by atoms with Crippen molar-refractivity contribution in [3.8, 4) is 0 Å². The molecule has 2 aromatic carbocycles. The third kappa shape index (κ3) is 7.44. The summed E-state index contributed by atoms with van der Waals surface area (Å²) < 4.78 is 26.2. The maximum atomic E-state index is 13.2. The molecule has 2 aromatic rings. The minimum Gasteiger partial charge on any atom is -0.376 e. The van der Waals surface area contributed by atoms with Crippen LogP contribution in [0.1, 0.15) is 11.1 Å². The summed E-state index contributed by atoms with van der Waals surface area (Å²) in [5.41, 5.74) is 3.24. The van der Waals surface area contributed by atoms with Crippen LogP contribution in [0.25, 0.3) is 0 Å². The topological polar surface area (TPSA) is 56.4 Å². The first-order valence-electron chi connectivity index (χ1n) is 9.02. The maximum absolute atomic E-state index is 13.2. The Morgan fingerprint density at radius 3 is 2.48 bits per heavy atom. The normalized spacial score (nSPS) is 13.8. The second-order valence-corrected chi connectivity index (χ2v) is 6.71. The van der Waals surface area contributed by atoms with Crippen LogP contribution < -0.4 is 16.0 Å². The van der Waals surface area contributed by atoms with Crippen molar-refractivity contribution in [3.05, 3.63) is 59.2 Å². The molecule has 1 saturated heterocycles. The molecule has 0 atom stereocenters. The van der Waals surface area contributed by atoms with Crippen molar-refractivity contribution < 1.29 is 13.6 Å². The van der Waals surface area contributed by atoms with E-state index in [0.29, 0.717) is 5.69 Å². The van der Waals surface area contributed by atoms with Gasteiger partial charge in [0.05, 0.1) is 6.54 Å². The van der Waals surface area contributed by atoms with Gasteiger partial charge in [-0.15, -0.1) is 24.8 Å². The largest absolute Gasteiger partial charge is 0.376 e. The summed E-state index contributed by atoms with van der Waals surface area (Å²) in [6.45, 7) is 6.75. The van der Waals surface area contributed by atoms with Gasteiger partial charge in [-0.25, -0.2) is 8.78 Å². The SMILES string of the molecule is Cc1ccc(CN2CCNCC2)cc1NC(=O)CNc1ccc(F)c(F)c1.Cl.Cl. The minimum atomic E-state index is -0.947. The molecule has 160 valence electrons. The van der Waals surface area contributed by atoms with Crippen LogP contribution >= 0.6 is 24.8 Å². The van der Waals surface area contributed by atoms with Crippen LogP contribution in [-0.4, -0.2) is 43.5 Å². The van der Waals surface area contributed by atoms with E-state index in [1.807, 2.05) is 19.1 Å². The molecule has 1 aliphatic rings. The summed E-state index contributed by atoms with van der Waals surface area (Å²) in [5, 5.41) is 9.01. The van der Waals surface area contributed by atoms with Crippen LogP contribution in [0.15, 0.2) is 36.4 Å². The second-order valence-electron chi connectivity index (χ2n) is 6.71. The molecular formula is C20H26Cl2F2N4O. The summed E-state index contributed by atoms with van der Waals surface area (Å²) in [6, 6.07) is 9.52. The lowest BCUT2D eigenvalue weighted by atomic mass is 10.1. The zero-order valence-corrected chi connectivity index (χ0v) is 17.8. The first-order valence-corrected chi connectivity index (χ1v) is 9.02. The van der Waals surface area contributed by atoms with Gasteiger partial charge in [0.25, 0.3) is 0 Å². The number of carbonyl (C=O) groups is 1. The predicted octanol–water partition coefficient (Wildman–Crippen LogP) is 3.57. The van der Waals surface area contributed by atoms with Gasteiger partial charge in [0.1, 0.15) is 0 Å². The molecule has 0 aliphatic carbocycles. The molecule has 0 saturated carbocycles. The van der Waals surface area contributed by atoms with Gasteiger partial charge >= 0.3 is 0 Å². The van der Waals surface area contributed by atoms with Gasteiger partial charge in [-0.2, -0.15) is 0 Å². The van der Waals surface area contributed by atoms with Crippen molar-refractivity contribution in [3.63, 3.8) is 0 Å². The molecular weight excluding hydrogens is 421 g/mol. The van der Waals surface area contributed by atoms with Crippen molar-refractivity contribution in [1.29, 1.82) is 0 Å². The monoisotopic (exact) mass is 446 g/mol. The van der Waals surface area contributed by atoms with E-state index in [0.717, 1.165) is 61.7 Å². The Morgan fingerprint density at radius 2 is 1.79 bits per heavy atom. The third-order valence-corrected chi connectivity index (χ3v) is 4.56. The number of hydrogen-bond acceptors (Lipinski definition) is 4. The van der Waals surface area contributed by atoms with Crippen LogP contribution in [-0.2, 0) is 11.3 Å². The van der Waals surface area contributed by atoms with Gasteiger partial charge in [0.15, 0.2) is 11.6 Å². The number of carbonyl (C=O) groups excluding carboxylic acids is 1. The minimum absolute atomic E-state index is 0. The lowest BCUT2D eigenvalue weighted by molar-refractivity contribution is -0.114. The third-order valence-electron chi connectivity index (χ3n) is 4.56. The second kappa shape index (κ2) is 11.9. The van der Waals surface area contributed by atoms with E-state index < -0.39 is 11.6 Å². The number of benzene rings is 2. The molecule has 0 unspecified atom stereocenters. The average Bonchev–Trinajstić information content (AvgIpc) is 2.66. The predicted molar refractivity (Wildman–Crippen MR) is 117 cm³/mol. The Bertz CT molecular complexity index is 817. The lowest BCUT2D eigenvalue weighted by Gasteiger charge is -2.27. The van der Waals surface area contributed by atoms with E-state index in [1.165, 1.54) is 6.07 Å². The number of halogens is 4. The Hall–Kier alpha value is -1.93. The molecule has 5 nitrogen and oxygen atoms in total. The van der Waals surface area contributed by atoms with Gasteiger partial charge < -0.3 is 16.0 Å². The number of rotatable bonds is 6. The number of piperazine rings is 1. The molecule has 1 heterocycles.